The largest absolute Gasteiger partial charge is 0.310 e. The van der Waals surface area contributed by atoms with E-state index in [0.717, 1.165) is 17.1 Å². The van der Waals surface area contributed by atoms with Gasteiger partial charge in [-0.3, -0.25) is 0 Å². The van der Waals surface area contributed by atoms with Crippen molar-refractivity contribution in [2.24, 2.45) is 0 Å². The zero-order chi connectivity index (χ0) is 40.5. The molecule has 10 rings (SSSR count). The number of hydrogen-bond donors (Lipinski definition) is 0. The van der Waals surface area contributed by atoms with Crippen LogP contribution in [0, 0.1) is 0 Å². The number of para-hydroxylation sites is 2. The summed E-state index contributed by atoms with van der Waals surface area (Å²) in [5.74, 6) is 0. The summed E-state index contributed by atoms with van der Waals surface area (Å²) in [5, 5.41) is 0. The Morgan fingerprint density at radius 3 is 1.49 bits per heavy atom. The van der Waals surface area contributed by atoms with Crippen molar-refractivity contribution in [3.8, 4) is 33.4 Å². The third kappa shape index (κ3) is 6.16. The third-order valence-corrected chi connectivity index (χ3v) is 13.6. The topological polar surface area (TPSA) is 3.24 Å². The Kier molecular flexibility index (Phi) is 8.85. The van der Waals surface area contributed by atoms with Gasteiger partial charge in [0.15, 0.2) is 0 Å². The van der Waals surface area contributed by atoms with Gasteiger partial charge in [0.1, 0.15) is 0 Å². The lowest BCUT2D eigenvalue weighted by atomic mass is 9.65. The Balaban J connectivity index is 1.22. The van der Waals surface area contributed by atoms with Crippen LogP contribution in [0.1, 0.15) is 74.9 Å². The zero-order valence-corrected chi connectivity index (χ0v) is 35.6. The monoisotopic (exact) mass is 779 g/mol. The fourth-order valence-electron chi connectivity index (χ4n) is 9.40. The lowest BCUT2D eigenvalue weighted by molar-refractivity contribution is 0.581. The van der Waals surface area contributed by atoms with Gasteiger partial charge in [0.05, 0.1) is 11.1 Å². The smallest absolute Gasteiger partial charge is 0.0735 e. The summed E-state index contributed by atoms with van der Waals surface area (Å²) < 4.78 is 0. The molecular formula is C57H49NS. The van der Waals surface area contributed by atoms with E-state index in [1.807, 2.05) is 11.8 Å². The van der Waals surface area contributed by atoms with Crippen molar-refractivity contribution in [1.82, 2.24) is 0 Å². The van der Waals surface area contributed by atoms with Gasteiger partial charge >= 0.3 is 0 Å². The molecule has 0 radical (unpaired) electrons. The summed E-state index contributed by atoms with van der Waals surface area (Å²) in [6.45, 7) is 14.0. The molecule has 0 aromatic heterocycles. The van der Waals surface area contributed by atoms with Crippen LogP contribution in [0.4, 0.5) is 17.1 Å². The molecule has 2 aliphatic rings. The van der Waals surface area contributed by atoms with Crippen LogP contribution < -0.4 is 4.90 Å². The van der Waals surface area contributed by atoms with Gasteiger partial charge in [0, 0.05) is 26.7 Å². The average Bonchev–Trinajstić information content (AvgIpc) is 3.54. The molecule has 0 fully saturated rings. The fraction of sp³-hybridized carbons (Fsp3) is 0.158. The molecule has 1 nitrogen and oxygen atoms in total. The van der Waals surface area contributed by atoms with E-state index in [1.165, 1.54) is 76.6 Å². The molecule has 0 bridgehead atoms. The summed E-state index contributed by atoms with van der Waals surface area (Å²) in [4.78, 5) is 5.07. The molecule has 0 N–H and O–H groups in total. The van der Waals surface area contributed by atoms with E-state index in [9.17, 15) is 0 Å². The first kappa shape index (κ1) is 37.2. The molecule has 0 amide bonds. The molecule has 0 saturated carbocycles. The summed E-state index contributed by atoms with van der Waals surface area (Å²) in [6, 6.07) is 70.4. The van der Waals surface area contributed by atoms with Crippen molar-refractivity contribution in [2.75, 3.05) is 4.90 Å². The quantitative estimate of drug-likeness (QED) is 0.171. The molecule has 0 unspecified atom stereocenters. The van der Waals surface area contributed by atoms with Crippen LogP contribution in [0.3, 0.4) is 0 Å². The van der Waals surface area contributed by atoms with E-state index >= 15 is 0 Å². The summed E-state index contributed by atoms with van der Waals surface area (Å²) >= 11 is 1.93. The normalized spacial score (nSPS) is 13.7. The number of anilines is 3. The summed E-state index contributed by atoms with van der Waals surface area (Å²) in [5.41, 5.74) is 18.5. The van der Waals surface area contributed by atoms with E-state index in [2.05, 4.69) is 234 Å². The van der Waals surface area contributed by atoms with Crippen LogP contribution >= 0.6 is 11.8 Å². The van der Waals surface area contributed by atoms with E-state index in [-0.39, 0.29) is 10.8 Å². The lowest BCUT2D eigenvalue weighted by Crippen LogP contribution is -2.33. The van der Waals surface area contributed by atoms with Gasteiger partial charge in [-0.2, -0.15) is 0 Å². The van der Waals surface area contributed by atoms with Crippen molar-refractivity contribution >= 4 is 28.8 Å². The van der Waals surface area contributed by atoms with E-state index in [4.69, 9.17) is 0 Å². The zero-order valence-electron chi connectivity index (χ0n) is 34.8. The van der Waals surface area contributed by atoms with Gasteiger partial charge < -0.3 is 4.90 Å². The van der Waals surface area contributed by atoms with Crippen LogP contribution in [0.25, 0.3) is 33.4 Å². The number of rotatable bonds is 5. The van der Waals surface area contributed by atoms with Gasteiger partial charge in [0.25, 0.3) is 0 Å². The molecule has 1 aliphatic carbocycles. The number of nitrogens with zero attached hydrogens (tertiary/aromatic N) is 1. The molecule has 59 heavy (non-hydrogen) atoms. The summed E-state index contributed by atoms with van der Waals surface area (Å²) in [7, 11) is 0. The average molecular weight is 780 g/mol. The SMILES string of the molecule is CC(C)(C)c1ccc2c(c1)C1(c3cc(C(C)(C)C)ccc3S2)c2ccccc2-c2ccc(-c3ccccc3N(c3ccccc3)c3ccc(-c4ccccc4)cc3)cc21. The molecule has 2 heteroatoms. The minimum absolute atomic E-state index is 0.00361. The van der Waals surface area contributed by atoms with Crippen LogP contribution in [0.15, 0.2) is 198 Å². The van der Waals surface area contributed by atoms with Crippen LogP contribution in [-0.4, -0.2) is 0 Å². The molecule has 0 saturated heterocycles. The highest BCUT2D eigenvalue weighted by Gasteiger charge is 2.51. The van der Waals surface area contributed by atoms with Gasteiger partial charge in [0.2, 0.25) is 0 Å². The Hall–Kier alpha value is -6.09. The Morgan fingerprint density at radius 1 is 0.373 bits per heavy atom. The third-order valence-electron chi connectivity index (χ3n) is 12.5. The van der Waals surface area contributed by atoms with E-state index in [0.29, 0.717) is 0 Å². The maximum atomic E-state index is 2.54. The minimum atomic E-state index is -0.498. The number of hydrogen-bond acceptors (Lipinski definition) is 2. The second-order valence-electron chi connectivity index (χ2n) is 18.2. The maximum Gasteiger partial charge on any atom is 0.0735 e. The lowest BCUT2D eigenvalue weighted by Gasteiger charge is -2.41. The van der Waals surface area contributed by atoms with Crippen molar-refractivity contribution in [1.29, 1.82) is 0 Å². The highest BCUT2D eigenvalue weighted by molar-refractivity contribution is 7.99. The Bertz CT molecular complexity index is 2790. The van der Waals surface area contributed by atoms with Gasteiger partial charge in [-0.1, -0.05) is 193 Å². The maximum absolute atomic E-state index is 2.54. The van der Waals surface area contributed by atoms with Gasteiger partial charge in [-0.15, -0.1) is 0 Å². The first-order chi connectivity index (χ1) is 28.5. The Labute approximate surface area is 354 Å². The second kappa shape index (κ2) is 14.0. The molecule has 1 heterocycles. The minimum Gasteiger partial charge on any atom is -0.310 e. The highest BCUT2D eigenvalue weighted by atomic mass is 32.2. The van der Waals surface area contributed by atoms with Crippen molar-refractivity contribution < 1.29 is 0 Å². The number of fused-ring (bicyclic) bond motifs is 9. The molecule has 8 aromatic carbocycles. The van der Waals surface area contributed by atoms with Crippen molar-refractivity contribution in [2.45, 2.75) is 67.6 Å². The highest BCUT2D eigenvalue weighted by Crippen LogP contribution is 2.63. The first-order valence-electron chi connectivity index (χ1n) is 20.8. The standard InChI is InChI=1S/C57H49NS/c1-55(2,3)41-28-33-53-50(36-41)57(51-37-42(56(4,5)6)29-34-54(51)59-53)48-23-15-13-22-46(48)47-32-27-40(35-49(47)57)45-21-14-16-24-52(45)58(43-19-11-8-12-20-43)44-30-25-39(26-31-44)38-17-9-7-10-18-38/h7-37H,1-6H3. The molecule has 288 valence electrons. The van der Waals surface area contributed by atoms with Gasteiger partial charge in [-0.05, 0) is 121 Å². The van der Waals surface area contributed by atoms with E-state index < -0.39 is 5.41 Å². The summed E-state index contributed by atoms with van der Waals surface area (Å²) in [6.07, 6.45) is 0. The van der Waals surface area contributed by atoms with E-state index in [1.54, 1.807) is 0 Å². The molecule has 8 aromatic rings. The van der Waals surface area contributed by atoms with Crippen LogP contribution in [-0.2, 0) is 16.2 Å². The predicted octanol–water partition coefficient (Wildman–Crippen LogP) is 15.9. The number of benzene rings is 8. The van der Waals surface area contributed by atoms with Crippen LogP contribution in [0.2, 0.25) is 0 Å². The van der Waals surface area contributed by atoms with Crippen LogP contribution in [0.5, 0.6) is 0 Å². The molecule has 1 spiro atoms. The Morgan fingerprint density at radius 2 is 0.864 bits per heavy atom. The van der Waals surface area contributed by atoms with Crippen molar-refractivity contribution in [3.63, 3.8) is 0 Å². The van der Waals surface area contributed by atoms with Gasteiger partial charge in [-0.25, -0.2) is 0 Å². The second-order valence-corrected chi connectivity index (χ2v) is 19.3. The predicted molar refractivity (Wildman–Crippen MR) is 251 cm³/mol. The molecular weight excluding hydrogens is 731 g/mol. The fourth-order valence-corrected chi connectivity index (χ4v) is 10.6. The first-order valence-corrected chi connectivity index (χ1v) is 21.7. The van der Waals surface area contributed by atoms with Crippen molar-refractivity contribution in [3.05, 3.63) is 221 Å². The molecule has 1 aliphatic heterocycles. The molecule has 0 atom stereocenters.